The quantitative estimate of drug-likeness (QED) is 0.605. The van der Waals surface area contributed by atoms with Crippen LogP contribution in [0.15, 0.2) is 42.5 Å². The van der Waals surface area contributed by atoms with Crippen molar-refractivity contribution in [2.24, 2.45) is 0 Å². The van der Waals surface area contributed by atoms with Crippen LogP contribution in [0.25, 0.3) is 5.69 Å². The number of anilines is 1. The normalized spacial score (nSPS) is 13.3. The van der Waals surface area contributed by atoms with Crippen molar-refractivity contribution in [1.29, 1.82) is 0 Å². The van der Waals surface area contributed by atoms with E-state index in [-0.39, 0.29) is 5.91 Å². The van der Waals surface area contributed by atoms with Crippen molar-refractivity contribution in [1.82, 2.24) is 9.78 Å². The van der Waals surface area contributed by atoms with Gasteiger partial charge in [-0.05, 0) is 81.0 Å². The van der Waals surface area contributed by atoms with Gasteiger partial charge in [0.25, 0.3) is 5.91 Å². The molecule has 1 heterocycles. The number of aryl methyl sites for hydroxylation is 3. The Morgan fingerprint density at radius 1 is 1.07 bits per heavy atom. The van der Waals surface area contributed by atoms with Gasteiger partial charge in [0.2, 0.25) is 0 Å². The van der Waals surface area contributed by atoms with Crippen LogP contribution in [0.3, 0.4) is 0 Å². The minimum absolute atomic E-state index is 0.0368. The van der Waals surface area contributed by atoms with Crippen LogP contribution >= 0.6 is 11.6 Å². The summed E-state index contributed by atoms with van der Waals surface area (Å²) in [6.45, 7) is 3.81. The third-order valence-electron chi connectivity index (χ3n) is 5.56. The molecule has 0 saturated heterocycles. The molecule has 0 saturated carbocycles. The lowest BCUT2D eigenvalue weighted by atomic mass is 9.91. The molecule has 0 atom stereocenters. The summed E-state index contributed by atoms with van der Waals surface area (Å²) in [7, 11) is 1.83. The number of hydrogen-bond donors (Lipinski definition) is 0. The van der Waals surface area contributed by atoms with Gasteiger partial charge in [-0.3, -0.25) is 4.79 Å². The number of hydrogen-bond acceptors (Lipinski definition) is 2. The average molecular weight is 394 g/mol. The molecule has 2 aromatic carbocycles. The number of amides is 1. The van der Waals surface area contributed by atoms with E-state index in [0.717, 1.165) is 35.6 Å². The van der Waals surface area contributed by atoms with Crippen LogP contribution in [-0.2, 0) is 12.8 Å². The highest BCUT2D eigenvalue weighted by molar-refractivity contribution is 6.31. The Bertz CT molecular complexity index is 1050. The van der Waals surface area contributed by atoms with Crippen molar-refractivity contribution >= 4 is 23.2 Å². The van der Waals surface area contributed by atoms with Crippen LogP contribution in [0.4, 0.5) is 5.69 Å². The van der Waals surface area contributed by atoms with Crippen LogP contribution in [-0.4, -0.2) is 22.7 Å². The summed E-state index contributed by atoms with van der Waals surface area (Å²) in [5.41, 5.74) is 6.83. The minimum atomic E-state index is -0.0368. The van der Waals surface area contributed by atoms with Gasteiger partial charge < -0.3 is 4.90 Å². The zero-order valence-corrected chi connectivity index (χ0v) is 17.3. The minimum Gasteiger partial charge on any atom is -0.311 e. The number of rotatable bonds is 3. The van der Waals surface area contributed by atoms with Crippen molar-refractivity contribution in [2.75, 3.05) is 11.9 Å². The number of aromatic nitrogens is 2. The zero-order chi connectivity index (χ0) is 19.8. The van der Waals surface area contributed by atoms with Crippen LogP contribution in [0.2, 0.25) is 5.02 Å². The Labute approximate surface area is 170 Å². The van der Waals surface area contributed by atoms with Crippen molar-refractivity contribution in [3.63, 3.8) is 0 Å². The van der Waals surface area contributed by atoms with Crippen molar-refractivity contribution in [3.05, 3.63) is 75.6 Å². The molecular formula is C23H24ClN3O. The molecule has 0 N–H and O–H groups in total. The third kappa shape index (κ3) is 3.33. The van der Waals surface area contributed by atoms with E-state index in [4.69, 9.17) is 11.6 Å². The highest BCUT2D eigenvalue weighted by Gasteiger charge is 2.18. The lowest BCUT2D eigenvalue weighted by molar-refractivity contribution is 0.0993. The van der Waals surface area contributed by atoms with E-state index in [1.807, 2.05) is 51.2 Å². The van der Waals surface area contributed by atoms with Gasteiger partial charge in [0.1, 0.15) is 0 Å². The Morgan fingerprint density at radius 2 is 1.82 bits per heavy atom. The molecule has 1 aromatic heterocycles. The van der Waals surface area contributed by atoms with Crippen molar-refractivity contribution in [2.45, 2.75) is 39.5 Å². The van der Waals surface area contributed by atoms with E-state index >= 15 is 0 Å². The first-order valence-electron chi connectivity index (χ1n) is 9.67. The molecule has 0 bridgehead atoms. The molecule has 1 amide bonds. The second-order valence-corrected chi connectivity index (χ2v) is 7.85. The Morgan fingerprint density at radius 3 is 2.54 bits per heavy atom. The Balaban J connectivity index is 1.64. The maximum atomic E-state index is 13.1. The predicted molar refractivity (Wildman–Crippen MR) is 114 cm³/mol. The number of nitrogens with zero attached hydrogens (tertiary/aromatic N) is 3. The fourth-order valence-electron chi connectivity index (χ4n) is 3.89. The monoisotopic (exact) mass is 393 g/mol. The highest BCUT2D eigenvalue weighted by atomic mass is 35.5. The summed E-state index contributed by atoms with van der Waals surface area (Å²) in [4.78, 5) is 14.8. The Hall–Kier alpha value is -2.59. The molecule has 4 nitrogen and oxygen atoms in total. The van der Waals surface area contributed by atoms with Gasteiger partial charge in [-0.25, -0.2) is 4.68 Å². The van der Waals surface area contributed by atoms with Gasteiger partial charge in [-0.15, -0.1) is 0 Å². The molecule has 28 heavy (non-hydrogen) atoms. The van der Waals surface area contributed by atoms with E-state index in [1.165, 1.54) is 24.0 Å². The van der Waals surface area contributed by atoms with Crippen LogP contribution in [0, 0.1) is 13.8 Å². The van der Waals surface area contributed by atoms with Gasteiger partial charge >= 0.3 is 0 Å². The van der Waals surface area contributed by atoms with Crippen molar-refractivity contribution in [3.8, 4) is 5.69 Å². The maximum absolute atomic E-state index is 13.1. The molecule has 1 aliphatic rings. The first-order chi connectivity index (χ1) is 13.5. The summed E-state index contributed by atoms with van der Waals surface area (Å²) in [5.74, 6) is -0.0368. The molecule has 0 unspecified atom stereocenters. The van der Waals surface area contributed by atoms with Crippen LogP contribution < -0.4 is 4.90 Å². The van der Waals surface area contributed by atoms with E-state index in [0.29, 0.717) is 10.6 Å². The molecule has 5 heteroatoms. The molecule has 0 spiro atoms. The second kappa shape index (κ2) is 7.44. The molecule has 3 aromatic rings. The third-order valence-corrected chi connectivity index (χ3v) is 6.11. The first kappa shape index (κ1) is 18.8. The van der Waals surface area contributed by atoms with E-state index in [1.54, 1.807) is 9.58 Å². The standard InChI is InChI=1S/C23H24ClN3O/c1-15-22(24)16(2)27(25-15)21-10-6-9-19(14-21)23(28)26(3)20-12-11-17-7-4-5-8-18(17)13-20/h6,9-14H,4-5,7-8H2,1-3H3. The van der Waals surface area contributed by atoms with E-state index in [9.17, 15) is 4.79 Å². The first-order valence-corrected chi connectivity index (χ1v) is 10.1. The smallest absolute Gasteiger partial charge is 0.258 e. The largest absolute Gasteiger partial charge is 0.311 e. The van der Waals surface area contributed by atoms with E-state index in [2.05, 4.69) is 17.2 Å². The molecule has 144 valence electrons. The van der Waals surface area contributed by atoms with Gasteiger partial charge in [-0.1, -0.05) is 23.7 Å². The SMILES string of the molecule is Cc1nn(-c2cccc(C(=O)N(C)c3ccc4c(c3)CCCC4)c2)c(C)c1Cl. The van der Waals surface area contributed by atoms with Gasteiger partial charge in [0, 0.05) is 18.3 Å². The summed E-state index contributed by atoms with van der Waals surface area (Å²) in [6, 6.07) is 13.9. The number of carbonyl (C=O) groups excluding carboxylic acids is 1. The molecule has 0 aliphatic heterocycles. The number of carbonyl (C=O) groups is 1. The summed E-state index contributed by atoms with van der Waals surface area (Å²) in [6.07, 6.45) is 4.71. The summed E-state index contributed by atoms with van der Waals surface area (Å²) < 4.78 is 1.79. The number of halogens is 1. The van der Waals surface area contributed by atoms with Gasteiger partial charge in [0.15, 0.2) is 0 Å². The average Bonchev–Trinajstić information content (AvgIpc) is 2.99. The zero-order valence-electron chi connectivity index (χ0n) is 16.5. The fraction of sp³-hybridized carbons (Fsp3) is 0.304. The van der Waals surface area contributed by atoms with E-state index < -0.39 is 0 Å². The molecule has 1 aliphatic carbocycles. The molecule has 0 radical (unpaired) electrons. The number of benzene rings is 2. The molecule has 4 rings (SSSR count). The summed E-state index contributed by atoms with van der Waals surface area (Å²) >= 11 is 6.28. The predicted octanol–water partition coefficient (Wildman–Crippen LogP) is 5.30. The summed E-state index contributed by atoms with van der Waals surface area (Å²) in [5, 5.41) is 5.15. The molecular weight excluding hydrogens is 370 g/mol. The number of fused-ring (bicyclic) bond motifs is 1. The highest BCUT2D eigenvalue weighted by Crippen LogP contribution is 2.27. The van der Waals surface area contributed by atoms with Crippen LogP contribution in [0.1, 0.15) is 45.7 Å². The fourth-order valence-corrected chi connectivity index (χ4v) is 4.00. The van der Waals surface area contributed by atoms with Gasteiger partial charge in [-0.2, -0.15) is 5.10 Å². The van der Waals surface area contributed by atoms with Crippen LogP contribution in [0.5, 0.6) is 0 Å². The molecule has 0 fully saturated rings. The lowest BCUT2D eigenvalue weighted by Crippen LogP contribution is -2.26. The maximum Gasteiger partial charge on any atom is 0.258 e. The lowest BCUT2D eigenvalue weighted by Gasteiger charge is -2.22. The topological polar surface area (TPSA) is 38.1 Å². The Kier molecular flexibility index (Phi) is 4.98. The van der Waals surface area contributed by atoms with Crippen molar-refractivity contribution < 1.29 is 4.79 Å². The van der Waals surface area contributed by atoms with Gasteiger partial charge in [0.05, 0.1) is 22.1 Å². The second-order valence-electron chi connectivity index (χ2n) is 7.47.